The maximum Gasteiger partial charge on any atom is 0.303 e. The van der Waals surface area contributed by atoms with E-state index in [0.717, 1.165) is 32.2 Å². The zero-order valence-electron chi connectivity index (χ0n) is 14.2. The van der Waals surface area contributed by atoms with E-state index in [2.05, 4.69) is 19.1 Å². The van der Waals surface area contributed by atoms with Crippen LogP contribution in [0.2, 0.25) is 0 Å². The highest BCUT2D eigenvalue weighted by Crippen LogP contribution is 2.14. The smallest absolute Gasteiger partial charge is 0.303 e. The van der Waals surface area contributed by atoms with E-state index in [1.165, 1.54) is 0 Å². The first-order chi connectivity index (χ1) is 11.0. The Hall–Kier alpha value is -1.40. The van der Waals surface area contributed by atoms with Crippen molar-refractivity contribution in [1.29, 1.82) is 0 Å². The SMILES string of the molecule is CCC/C=C/CCC[N+](CO)(CCCC(=O)O)CCCC(=O)O. The molecule has 0 unspecified atom stereocenters. The van der Waals surface area contributed by atoms with Crippen LogP contribution in [0, 0.1) is 0 Å². The Labute approximate surface area is 139 Å². The minimum atomic E-state index is -0.839. The fourth-order valence-corrected chi connectivity index (χ4v) is 2.63. The third-order valence-electron chi connectivity index (χ3n) is 3.97. The molecule has 0 aromatic heterocycles. The zero-order chi connectivity index (χ0) is 17.6. The van der Waals surface area contributed by atoms with E-state index in [1.807, 2.05) is 0 Å². The number of unbranched alkanes of at least 4 members (excludes halogenated alkanes) is 2. The number of aliphatic hydroxyl groups is 1. The van der Waals surface area contributed by atoms with E-state index < -0.39 is 11.9 Å². The second-order valence-corrected chi connectivity index (χ2v) is 6.05. The van der Waals surface area contributed by atoms with Crippen molar-refractivity contribution in [2.24, 2.45) is 0 Å². The Kier molecular flexibility index (Phi) is 12.3. The summed E-state index contributed by atoms with van der Waals surface area (Å²) in [6.07, 6.45) is 9.47. The van der Waals surface area contributed by atoms with Crippen molar-refractivity contribution < 1.29 is 29.4 Å². The number of allylic oxidation sites excluding steroid dienone is 2. The molecule has 0 rings (SSSR count). The lowest BCUT2D eigenvalue weighted by molar-refractivity contribution is -0.945. The van der Waals surface area contributed by atoms with Crippen LogP contribution in [-0.2, 0) is 9.59 Å². The zero-order valence-corrected chi connectivity index (χ0v) is 14.2. The second-order valence-electron chi connectivity index (χ2n) is 6.05. The highest BCUT2D eigenvalue weighted by Gasteiger charge is 2.25. The average Bonchev–Trinajstić information content (AvgIpc) is 2.49. The summed E-state index contributed by atoms with van der Waals surface area (Å²) in [5, 5.41) is 27.4. The predicted molar refractivity (Wildman–Crippen MR) is 89.0 cm³/mol. The van der Waals surface area contributed by atoms with Crippen LogP contribution in [0.3, 0.4) is 0 Å². The number of carboxylic acid groups (broad SMARTS) is 2. The lowest BCUT2D eigenvalue weighted by Gasteiger charge is -2.36. The van der Waals surface area contributed by atoms with Gasteiger partial charge in [0, 0.05) is 19.3 Å². The summed E-state index contributed by atoms with van der Waals surface area (Å²) in [5.41, 5.74) is 0. The molecule has 23 heavy (non-hydrogen) atoms. The lowest BCUT2D eigenvalue weighted by atomic mass is 10.1. The summed E-state index contributed by atoms with van der Waals surface area (Å²) >= 11 is 0. The van der Waals surface area contributed by atoms with Crippen LogP contribution >= 0.6 is 0 Å². The molecule has 3 N–H and O–H groups in total. The van der Waals surface area contributed by atoms with Crippen molar-refractivity contribution in [2.75, 3.05) is 26.4 Å². The van der Waals surface area contributed by atoms with Crippen LogP contribution in [0.5, 0.6) is 0 Å². The van der Waals surface area contributed by atoms with Crippen LogP contribution in [-0.4, -0.2) is 58.1 Å². The van der Waals surface area contributed by atoms with Gasteiger partial charge in [0.1, 0.15) is 0 Å². The molecule has 0 radical (unpaired) electrons. The van der Waals surface area contributed by atoms with Gasteiger partial charge in [0.2, 0.25) is 0 Å². The molecule has 0 bridgehead atoms. The number of hydrogen-bond acceptors (Lipinski definition) is 3. The van der Waals surface area contributed by atoms with Gasteiger partial charge >= 0.3 is 11.9 Å². The second kappa shape index (κ2) is 13.1. The Morgan fingerprint density at radius 3 is 1.78 bits per heavy atom. The van der Waals surface area contributed by atoms with Gasteiger partial charge in [-0.05, 0) is 12.8 Å². The first-order valence-electron chi connectivity index (χ1n) is 8.50. The monoisotopic (exact) mass is 330 g/mol. The van der Waals surface area contributed by atoms with Crippen molar-refractivity contribution in [2.45, 2.75) is 58.3 Å². The number of carbonyl (C=O) groups is 2. The Morgan fingerprint density at radius 2 is 1.35 bits per heavy atom. The van der Waals surface area contributed by atoms with Gasteiger partial charge in [-0.1, -0.05) is 25.5 Å². The average molecular weight is 330 g/mol. The summed E-state index contributed by atoms with van der Waals surface area (Å²) in [4.78, 5) is 21.4. The Morgan fingerprint density at radius 1 is 0.870 bits per heavy atom. The molecule has 134 valence electrons. The largest absolute Gasteiger partial charge is 0.481 e. The van der Waals surface area contributed by atoms with Crippen molar-refractivity contribution in [3.8, 4) is 0 Å². The molecule has 0 heterocycles. The van der Waals surface area contributed by atoms with E-state index in [-0.39, 0.29) is 19.6 Å². The maximum absolute atomic E-state index is 10.7. The highest BCUT2D eigenvalue weighted by molar-refractivity contribution is 5.66. The normalized spacial score (nSPS) is 11.9. The summed E-state index contributed by atoms with van der Waals surface area (Å²) in [6, 6.07) is 0. The first kappa shape index (κ1) is 21.6. The molecule has 0 saturated heterocycles. The Balaban J connectivity index is 4.46. The molecule has 0 fully saturated rings. The number of quaternary nitrogens is 1. The topological polar surface area (TPSA) is 94.8 Å². The van der Waals surface area contributed by atoms with Gasteiger partial charge in [0.15, 0.2) is 6.73 Å². The van der Waals surface area contributed by atoms with Crippen molar-refractivity contribution in [3.63, 3.8) is 0 Å². The number of nitrogens with zero attached hydrogens (tertiary/aromatic N) is 1. The molecule has 0 saturated carbocycles. The first-order valence-corrected chi connectivity index (χ1v) is 8.50. The minimum Gasteiger partial charge on any atom is -0.481 e. The predicted octanol–water partition coefficient (Wildman–Crippen LogP) is 2.62. The Bertz CT molecular complexity index is 348. The van der Waals surface area contributed by atoms with Crippen molar-refractivity contribution >= 4 is 11.9 Å². The number of aliphatic hydroxyl groups excluding tert-OH is 1. The van der Waals surface area contributed by atoms with Gasteiger partial charge in [-0.3, -0.25) is 9.59 Å². The van der Waals surface area contributed by atoms with Gasteiger partial charge < -0.3 is 19.8 Å². The number of hydrogen-bond donors (Lipinski definition) is 3. The molecule has 0 amide bonds. The highest BCUT2D eigenvalue weighted by atomic mass is 16.4. The van der Waals surface area contributed by atoms with E-state index >= 15 is 0 Å². The van der Waals surface area contributed by atoms with E-state index in [4.69, 9.17) is 10.2 Å². The van der Waals surface area contributed by atoms with Gasteiger partial charge in [-0.25, -0.2) is 0 Å². The number of carboxylic acids is 2. The standard InChI is InChI=1S/C17H31NO5/c1-2-3-4-5-6-7-12-18(15-19,13-8-10-16(20)21)14-9-11-17(22)23/h4-5,19H,2-3,6-15H2,1H3,(H-,20,21,22,23)/p+1/b5-4+. The summed E-state index contributed by atoms with van der Waals surface area (Å²) in [5.74, 6) is -1.68. The van der Waals surface area contributed by atoms with E-state index in [0.29, 0.717) is 30.4 Å². The molecule has 0 aliphatic carbocycles. The van der Waals surface area contributed by atoms with Gasteiger partial charge in [-0.15, -0.1) is 0 Å². The summed E-state index contributed by atoms with van der Waals surface area (Å²) in [7, 11) is 0. The molecule has 0 spiro atoms. The van der Waals surface area contributed by atoms with Gasteiger partial charge in [0.05, 0.1) is 32.5 Å². The molecule has 0 aromatic rings. The third kappa shape index (κ3) is 11.8. The quantitative estimate of drug-likeness (QED) is 0.186. The van der Waals surface area contributed by atoms with Crippen molar-refractivity contribution in [1.82, 2.24) is 0 Å². The van der Waals surface area contributed by atoms with Crippen LogP contribution in [0.4, 0.5) is 0 Å². The lowest BCUT2D eigenvalue weighted by Crippen LogP contribution is -2.51. The van der Waals surface area contributed by atoms with Crippen LogP contribution in [0.15, 0.2) is 12.2 Å². The molecule has 6 nitrogen and oxygen atoms in total. The van der Waals surface area contributed by atoms with Gasteiger partial charge in [0.25, 0.3) is 0 Å². The summed E-state index contributed by atoms with van der Waals surface area (Å²) < 4.78 is 0.391. The molecule has 0 atom stereocenters. The molecule has 0 aliphatic rings. The van der Waals surface area contributed by atoms with Crippen LogP contribution < -0.4 is 0 Å². The van der Waals surface area contributed by atoms with Crippen LogP contribution in [0.1, 0.15) is 58.3 Å². The number of rotatable bonds is 15. The third-order valence-corrected chi connectivity index (χ3v) is 3.97. The van der Waals surface area contributed by atoms with Crippen molar-refractivity contribution in [3.05, 3.63) is 12.2 Å². The van der Waals surface area contributed by atoms with E-state index in [1.54, 1.807) is 0 Å². The maximum atomic E-state index is 10.7. The minimum absolute atomic E-state index is 0.0715. The van der Waals surface area contributed by atoms with E-state index in [9.17, 15) is 14.7 Å². The van der Waals surface area contributed by atoms with Crippen LogP contribution in [0.25, 0.3) is 0 Å². The fourth-order valence-electron chi connectivity index (χ4n) is 2.63. The number of aliphatic carboxylic acids is 2. The molecular formula is C17H32NO5+. The molecule has 0 aliphatic heterocycles. The molecule has 6 heteroatoms. The molecule has 0 aromatic carbocycles. The molecular weight excluding hydrogens is 298 g/mol. The fraction of sp³-hybridized carbons (Fsp3) is 0.765. The summed E-state index contributed by atoms with van der Waals surface area (Å²) in [6.45, 7) is 3.94. The van der Waals surface area contributed by atoms with Gasteiger partial charge in [-0.2, -0.15) is 0 Å².